The fraction of sp³-hybridized carbons (Fsp3) is 0.545. The Morgan fingerprint density at radius 1 is 1.43 bits per heavy atom. The van der Waals surface area contributed by atoms with Crippen LogP contribution in [0.25, 0.3) is 0 Å². The van der Waals surface area contributed by atoms with Crippen LogP contribution in [0.15, 0.2) is 24.3 Å². The van der Waals surface area contributed by atoms with Gasteiger partial charge in [0.2, 0.25) is 0 Å². The number of aliphatic hydroxyl groups is 2. The molecule has 0 saturated carbocycles. The van der Waals surface area contributed by atoms with E-state index in [4.69, 9.17) is 5.11 Å². The van der Waals surface area contributed by atoms with Gasteiger partial charge in [-0.05, 0) is 19.4 Å². The van der Waals surface area contributed by atoms with Crippen LogP contribution in [0.5, 0.6) is 0 Å². The van der Waals surface area contributed by atoms with Gasteiger partial charge in [-0.15, -0.1) is 0 Å². The van der Waals surface area contributed by atoms with Crippen molar-refractivity contribution in [1.29, 1.82) is 0 Å². The van der Waals surface area contributed by atoms with Gasteiger partial charge >= 0.3 is 0 Å². The lowest BCUT2D eigenvalue weighted by Crippen LogP contribution is -2.25. The van der Waals surface area contributed by atoms with Crippen LogP contribution in [-0.4, -0.2) is 28.7 Å². The van der Waals surface area contributed by atoms with Crippen LogP contribution < -0.4 is 0 Å². The number of ketones is 1. The Bertz CT molecular complexity index is 219. The number of allylic oxidation sites excluding steroid dienone is 4. The van der Waals surface area contributed by atoms with Crippen LogP contribution in [0.3, 0.4) is 0 Å². The summed E-state index contributed by atoms with van der Waals surface area (Å²) in [6.45, 7) is 3.42. The van der Waals surface area contributed by atoms with Crippen molar-refractivity contribution in [3.05, 3.63) is 24.3 Å². The van der Waals surface area contributed by atoms with Crippen molar-refractivity contribution in [1.82, 2.24) is 0 Å². The first-order valence-electron chi connectivity index (χ1n) is 4.75. The number of carbonyl (C=O) groups is 1. The first kappa shape index (κ1) is 13.1. The van der Waals surface area contributed by atoms with Crippen molar-refractivity contribution >= 4 is 5.78 Å². The monoisotopic (exact) mass is 198 g/mol. The van der Waals surface area contributed by atoms with E-state index in [0.29, 0.717) is 0 Å². The molecule has 0 aliphatic carbocycles. The largest absolute Gasteiger partial charge is 0.396 e. The summed E-state index contributed by atoms with van der Waals surface area (Å²) in [6, 6.07) is 0. The van der Waals surface area contributed by atoms with Crippen LogP contribution in [-0.2, 0) is 4.79 Å². The fourth-order valence-corrected chi connectivity index (χ4v) is 0.985. The fourth-order valence-electron chi connectivity index (χ4n) is 0.985. The van der Waals surface area contributed by atoms with Crippen LogP contribution in [0.1, 0.15) is 20.3 Å². The predicted octanol–water partition coefficient (Wildman–Crippen LogP) is 1.07. The molecule has 0 aliphatic rings. The van der Waals surface area contributed by atoms with Crippen molar-refractivity contribution in [3.8, 4) is 0 Å². The van der Waals surface area contributed by atoms with Crippen molar-refractivity contribution in [3.63, 3.8) is 0 Å². The summed E-state index contributed by atoms with van der Waals surface area (Å²) >= 11 is 0. The molecule has 2 atom stereocenters. The van der Waals surface area contributed by atoms with E-state index in [1.54, 1.807) is 19.1 Å². The van der Waals surface area contributed by atoms with Gasteiger partial charge < -0.3 is 10.2 Å². The minimum absolute atomic E-state index is 0.0998. The standard InChI is InChI=1S/C11H18O3/c1-3-4-5-6-10(13)9(2)11(14)7-8-12/h3-6,9,11-12,14H,7-8H2,1-2H3/b4-3+,6-5+/t9-,11+/m0/s1. The Hall–Kier alpha value is -0.930. The lowest BCUT2D eigenvalue weighted by Gasteiger charge is -2.14. The molecule has 0 heterocycles. The van der Waals surface area contributed by atoms with Crippen molar-refractivity contribution < 1.29 is 15.0 Å². The molecular weight excluding hydrogens is 180 g/mol. The Kier molecular flexibility index (Phi) is 6.98. The molecule has 3 nitrogen and oxygen atoms in total. The van der Waals surface area contributed by atoms with Gasteiger partial charge in [0.25, 0.3) is 0 Å². The van der Waals surface area contributed by atoms with E-state index < -0.39 is 12.0 Å². The lowest BCUT2D eigenvalue weighted by atomic mass is 9.97. The van der Waals surface area contributed by atoms with Gasteiger partial charge in [0.15, 0.2) is 5.78 Å². The van der Waals surface area contributed by atoms with Crippen LogP contribution >= 0.6 is 0 Å². The molecule has 14 heavy (non-hydrogen) atoms. The molecule has 0 fully saturated rings. The molecule has 0 amide bonds. The highest BCUT2D eigenvalue weighted by atomic mass is 16.3. The predicted molar refractivity (Wildman–Crippen MR) is 55.8 cm³/mol. The highest BCUT2D eigenvalue weighted by Gasteiger charge is 2.18. The van der Waals surface area contributed by atoms with E-state index in [1.807, 2.05) is 13.0 Å². The first-order chi connectivity index (χ1) is 6.63. The van der Waals surface area contributed by atoms with Crippen molar-refractivity contribution in [2.45, 2.75) is 26.4 Å². The molecule has 0 saturated heterocycles. The number of carbonyl (C=O) groups excluding carboxylic acids is 1. The minimum atomic E-state index is -0.761. The average molecular weight is 198 g/mol. The van der Waals surface area contributed by atoms with Gasteiger partial charge in [-0.25, -0.2) is 0 Å². The summed E-state index contributed by atoms with van der Waals surface area (Å²) in [4.78, 5) is 11.4. The van der Waals surface area contributed by atoms with Gasteiger partial charge in [-0.3, -0.25) is 4.79 Å². The summed E-state index contributed by atoms with van der Waals surface area (Å²) < 4.78 is 0. The highest BCUT2D eigenvalue weighted by molar-refractivity contribution is 5.92. The molecule has 0 aromatic heterocycles. The number of hydrogen-bond acceptors (Lipinski definition) is 3. The zero-order valence-corrected chi connectivity index (χ0v) is 8.68. The average Bonchev–Trinajstić information content (AvgIpc) is 2.17. The number of aliphatic hydroxyl groups excluding tert-OH is 2. The van der Waals surface area contributed by atoms with E-state index in [0.717, 1.165) is 0 Å². The molecule has 3 heteroatoms. The zero-order chi connectivity index (χ0) is 11.0. The summed E-state index contributed by atoms with van der Waals surface area (Å²) in [5.74, 6) is -0.576. The first-order valence-corrected chi connectivity index (χ1v) is 4.75. The third-order valence-corrected chi connectivity index (χ3v) is 2.01. The van der Waals surface area contributed by atoms with E-state index >= 15 is 0 Å². The molecule has 2 N–H and O–H groups in total. The van der Waals surface area contributed by atoms with Gasteiger partial charge in [0.1, 0.15) is 0 Å². The van der Waals surface area contributed by atoms with E-state index in [2.05, 4.69) is 0 Å². The molecule has 80 valence electrons. The van der Waals surface area contributed by atoms with E-state index in [-0.39, 0.29) is 18.8 Å². The molecule has 0 unspecified atom stereocenters. The van der Waals surface area contributed by atoms with Gasteiger partial charge in [-0.1, -0.05) is 25.2 Å². The Balaban J connectivity index is 4.10. The molecular formula is C11H18O3. The topological polar surface area (TPSA) is 57.5 Å². The van der Waals surface area contributed by atoms with Gasteiger partial charge in [-0.2, -0.15) is 0 Å². The molecule has 0 aromatic carbocycles. The second kappa shape index (κ2) is 7.47. The maximum Gasteiger partial charge on any atom is 0.161 e. The van der Waals surface area contributed by atoms with E-state index in [1.165, 1.54) is 6.08 Å². The number of rotatable bonds is 6. The Labute approximate surface area is 84.8 Å². The second-order valence-corrected chi connectivity index (χ2v) is 3.16. The SMILES string of the molecule is C/C=C/C=C/C(=O)[C@H](C)[C@H](O)CCO. The number of hydrogen-bond donors (Lipinski definition) is 2. The summed E-state index contributed by atoms with van der Waals surface area (Å²) in [7, 11) is 0. The minimum Gasteiger partial charge on any atom is -0.396 e. The quantitative estimate of drug-likeness (QED) is 0.496. The maximum absolute atomic E-state index is 11.4. The Morgan fingerprint density at radius 3 is 2.57 bits per heavy atom. The van der Waals surface area contributed by atoms with Gasteiger partial charge in [0.05, 0.1) is 6.10 Å². The van der Waals surface area contributed by atoms with Crippen LogP contribution in [0.2, 0.25) is 0 Å². The highest BCUT2D eigenvalue weighted by Crippen LogP contribution is 2.08. The van der Waals surface area contributed by atoms with E-state index in [9.17, 15) is 9.90 Å². The summed E-state index contributed by atoms with van der Waals surface area (Å²) in [5, 5.41) is 18.0. The third kappa shape index (κ3) is 4.94. The molecule has 0 bridgehead atoms. The summed E-state index contributed by atoms with van der Waals surface area (Å²) in [6.07, 6.45) is 6.13. The van der Waals surface area contributed by atoms with Crippen molar-refractivity contribution in [2.24, 2.45) is 5.92 Å². The van der Waals surface area contributed by atoms with Crippen LogP contribution in [0.4, 0.5) is 0 Å². The van der Waals surface area contributed by atoms with Crippen LogP contribution in [0, 0.1) is 5.92 Å². The molecule has 0 spiro atoms. The molecule has 0 aromatic rings. The lowest BCUT2D eigenvalue weighted by molar-refractivity contribution is -0.121. The molecule has 0 aliphatic heterocycles. The molecule has 0 radical (unpaired) electrons. The third-order valence-electron chi connectivity index (χ3n) is 2.01. The van der Waals surface area contributed by atoms with Gasteiger partial charge in [0, 0.05) is 12.5 Å². The normalized spacial score (nSPS) is 16.3. The molecule has 0 rings (SSSR count). The van der Waals surface area contributed by atoms with Crippen molar-refractivity contribution in [2.75, 3.05) is 6.61 Å². The zero-order valence-electron chi connectivity index (χ0n) is 8.68. The smallest absolute Gasteiger partial charge is 0.161 e. The Morgan fingerprint density at radius 2 is 2.07 bits per heavy atom. The maximum atomic E-state index is 11.4. The second-order valence-electron chi connectivity index (χ2n) is 3.16. The summed E-state index contributed by atoms with van der Waals surface area (Å²) in [5.41, 5.74) is 0.